The first-order valence-electron chi connectivity index (χ1n) is 15.3. The van der Waals surface area contributed by atoms with E-state index in [4.69, 9.17) is 36.2 Å². The zero-order valence-electron chi connectivity index (χ0n) is 25.8. The van der Waals surface area contributed by atoms with E-state index < -0.39 is 18.1 Å². The summed E-state index contributed by atoms with van der Waals surface area (Å²) in [5.41, 5.74) is 2.65. The number of anilines is 2. The zero-order valence-corrected chi connectivity index (χ0v) is 26.5. The average molecular weight is 674 g/mol. The lowest BCUT2D eigenvalue weighted by Crippen LogP contribution is -2.58. The van der Waals surface area contributed by atoms with Crippen molar-refractivity contribution in [3.8, 4) is 12.1 Å². The molecular formula is C32H35ClF3N7O4. The Hall–Kier alpha value is -4.35. The van der Waals surface area contributed by atoms with Crippen molar-refractivity contribution < 1.29 is 32.6 Å². The number of aromatic nitrogens is 2. The van der Waals surface area contributed by atoms with E-state index in [1.807, 2.05) is 47.4 Å². The number of ether oxygens (including phenoxy) is 1. The lowest BCUT2D eigenvalue weighted by Gasteiger charge is -2.42. The molecule has 15 heteroatoms. The third-order valence-corrected chi connectivity index (χ3v) is 9.20. The highest BCUT2D eigenvalue weighted by Crippen LogP contribution is 2.37. The first kappa shape index (κ1) is 34.0. The van der Waals surface area contributed by atoms with Crippen LogP contribution in [0.25, 0.3) is 10.8 Å². The van der Waals surface area contributed by atoms with Crippen LogP contribution in [0.15, 0.2) is 36.4 Å². The van der Waals surface area contributed by atoms with E-state index in [1.54, 1.807) is 0 Å². The van der Waals surface area contributed by atoms with Gasteiger partial charge in [0.2, 0.25) is 0 Å². The number of alkyl halides is 3. The Morgan fingerprint density at radius 2 is 1.87 bits per heavy atom. The molecule has 250 valence electrons. The van der Waals surface area contributed by atoms with Crippen molar-refractivity contribution in [2.24, 2.45) is 0 Å². The molecule has 3 aliphatic heterocycles. The molecule has 0 bridgehead atoms. The average Bonchev–Trinajstić information content (AvgIpc) is 3.47. The number of hydrogen-bond acceptors (Lipinski definition) is 9. The van der Waals surface area contributed by atoms with Gasteiger partial charge in [0.25, 0.3) is 6.47 Å². The Morgan fingerprint density at radius 1 is 1.13 bits per heavy atom. The van der Waals surface area contributed by atoms with Crippen LogP contribution in [0.4, 0.5) is 24.7 Å². The number of nitrogens with zero attached hydrogens (tertiary/aromatic N) is 7. The van der Waals surface area contributed by atoms with Gasteiger partial charge in [0.15, 0.2) is 0 Å². The Labute approximate surface area is 275 Å². The SMILES string of the molecule is CN1CCC[C@H]1COc1nc2c(c(N3CCN(C(=O)C(F)(F)F)[C@@H](CC#N)C3)n1)CCN(c1cccc3cccc(Cl)c13)C2.O=CO. The molecular weight excluding hydrogens is 639 g/mol. The van der Waals surface area contributed by atoms with Crippen LogP contribution in [0, 0.1) is 11.3 Å². The number of carboxylic acid groups (broad SMARTS) is 1. The second-order valence-electron chi connectivity index (χ2n) is 11.7. The molecule has 2 saturated heterocycles. The van der Waals surface area contributed by atoms with E-state index >= 15 is 0 Å². The standard InChI is InChI=1S/C31H33ClF3N7O2.CH2O2/c1-39-13-4-7-22(39)19-44-30-37-25-18-40(26-9-3-6-20-5-2-8-24(32)27(20)26)14-11-23(25)28(38-30)41-15-16-42(21(17-41)10-12-36)29(43)31(33,34)35;2-1-3/h2-3,5-6,8-9,21-22H,4,7,10-11,13-19H2,1H3;1H,(H,2,3)/t21-,22-;/m0./s1. The summed E-state index contributed by atoms with van der Waals surface area (Å²) in [7, 11) is 2.06. The summed E-state index contributed by atoms with van der Waals surface area (Å²) in [6.07, 6.45) is -2.55. The minimum atomic E-state index is -5.01. The van der Waals surface area contributed by atoms with Crippen molar-refractivity contribution in [1.29, 1.82) is 5.26 Å². The summed E-state index contributed by atoms with van der Waals surface area (Å²) in [4.78, 5) is 37.3. The summed E-state index contributed by atoms with van der Waals surface area (Å²) >= 11 is 6.65. The second kappa shape index (κ2) is 14.6. The Morgan fingerprint density at radius 3 is 2.55 bits per heavy atom. The largest absolute Gasteiger partial charge is 0.483 e. The summed E-state index contributed by atoms with van der Waals surface area (Å²) < 4.78 is 46.2. The van der Waals surface area contributed by atoms with E-state index in [0.717, 1.165) is 52.0 Å². The van der Waals surface area contributed by atoms with Gasteiger partial charge in [-0.1, -0.05) is 35.9 Å². The molecule has 0 unspecified atom stereocenters. The molecule has 3 aliphatic rings. The zero-order chi connectivity index (χ0) is 33.7. The van der Waals surface area contributed by atoms with Gasteiger partial charge in [-0.15, -0.1) is 0 Å². The number of likely N-dealkylation sites (N-methyl/N-ethyl adjacent to an activating group) is 1. The summed E-state index contributed by atoms with van der Waals surface area (Å²) in [5, 5.41) is 18.9. The Kier molecular flexibility index (Phi) is 10.6. The quantitative estimate of drug-likeness (QED) is 0.374. The van der Waals surface area contributed by atoms with Gasteiger partial charge >= 0.3 is 18.1 Å². The number of carbonyl (C=O) groups is 2. The highest BCUT2D eigenvalue weighted by Gasteiger charge is 2.46. The first-order chi connectivity index (χ1) is 22.5. The number of hydrogen-bond donors (Lipinski definition) is 1. The Balaban J connectivity index is 0.00000139. The molecule has 4 heterocycles. The molecule has 2 fully saturated rings. The van der Waals surface area contributed by atoms with Crippen LogP contribution in [-0.2, 0) is 22.6 Å². The number of fused-ring (bicyclic) bond motifs is 2. The fourth-order valence-electron chi connectivity index (χ4n) is 6.58. The normalized spacial score (nSPS) is 19.9. The van der Waals surface area contributed by atoms with Crippen molar-refractivity contribution in [3.05, 3.63) is 52.7 Å². The predicted octanol–water partition coefficient (Wildman–Crippen LogP) is 4.51. The molecule has 3 aromatic rings. The third-order valence-electron chi connectivity index (χ3n) is 8.88. The maximum Gasteiger partial charge on any atom is 0.471 e. The van der Waals surface area contributed by atoms with Gasteiger partial charge in [-0.2, -0.15) is 28.4 Å². The van der Waals surface area contributed by atoms with Crippen molar-refractivity contribution in [3.63, 3.8) is 0 Å². The first-order valence-corrected chi connectivity index (χ1v) is 15.7. The number of carbonyl (C=O) groups excluding carboxylic acids is 1. The number of amides is 1. The molecule has 0 spiro atoms. The molecule has 6 rings (SSSR count). The van der Waals surface area contributed by atoms with Gasteiger partial charge < -0.3 is 29.4 Å². The number of benzene rings is 2. The summed E-state index contributed by atoms with van der Waals surface area (Å²) in [5.74, 6) is -1.33. The summed E-state index contributed by atoms with van der Waals surface area (Å²) in [6, 6.07) is 13.4. The van der Waals surface area contributed by atoms with E-state index in [9.17, 15) is 23.2 Å². The molecule has 1 amide bonds. The second-order valence-corrected chi connectivity index (χ2v) is 12.1. The van der Waals surface area contributed by atoms with Crippen LogP contribution in [-0.4, -0.2) is 102 Å². The molecule has 0 radical (unpaired) electrons. The lowest BCUT2D eigenvalue weighted by atomic mass is 10.0. The van der Waals surface area contributed by atoms with Gasteiger partial charge in [0.05, 0.1) is 35.8 Å². The van der Waals surface area contributed by atoms with E-state index in [2.05, 4.69) is 16.8 Å². The lowest BCUT2D eigenvalue weighted by molar-refractivity contribution is -0.188. The molecule has 0 aliphatic carbocycles. The van der Waals surface area contributed by atoms with Crippen LogP contribution < -0.4 is 14.5 Å². The van der Waals surface area contributed by atoms with Gasteiger partial charge in [-0.25, -0.2) is 0 Å². The molecule has 2 atom stereocenters. The number of nitriles is 1. The van der Waals surface area contributed by atoms with Gasteiger partial charge in [0, 0.05) is 48.9 Å². The van der Waals surface area contributed by atoms with Crippen LogP contribution in [0.5, 0.6) is 6.01 Å². The monoisotopic (exact) mass is 673 g/mol. The van der Waals surface area contributed by atoms with Crippen LogP contribution >= 0.6 is 11.6 Å². The fourth-order valence-corrected chi connectivity index (χ4v) is 6.86. The minimum absolute atomic E-state index is 0.0479. The topological polar surface area (TPSA) is 126 Å². The maximum atomic E-state index is 13.3. The van der Waals surface area contributed by atoms with Crippen molar-refractivity contribution in [2.75, 3.05) is 56.2 Å². The van der Waals surface area contributed by atoms with Crippen LogP contribution in [0.2, 0.25) is 5.02 Å². The van der Waals surface area contributed by atoms with E-state index in [1.165, 1.54) is 0 Å². The van der Waals surface area contributed by atoms with Crippen molar-refractivity contribution in [1.82, 2.24) is 19.8 Å². The van der Waals surface area contributed by atoms with Gasteiger partial charge in [-0.05, 0) is 50.4 Å². The number of likely N-dealkylation sites (tertiary alicyclic amines) is 1. The highest BCUT2D eigenvalue weighted by atomic mass is 35.5. The molecule has 1 aromatic heterocycles. The van der Waals surface area contributed by atoms with Crippen molar-refractivity contribution >= 4 is 46.3 Å². The van der Waals surface area contributed by atoms with Gasteiger partial charge in [-0.3, -0.25) is 9.59 Å². The van der Waals surface area contributed by atoms with E-state index in [-0.39, 0.29) is 44.6 Å². The minimum Gasteiger partial charge on any atom is -0.483 e. The van der Waals surface area contributed by atoms with Gasteiger partial charge in [0.1, 0.15) is 12.4 Å². The van der Waals surface area contributed by atoms with Crippen LogP contribution in [0.1, 0.15) is 30.5 Å². The third kappa shape index (κ3) is 7.47. The van der Waals surface area contributed by atoms with Crippen LogP contribution in [0.3, 0.4) is 0 Å². The number of rotatable bonds is 6. The molecule has 2 aromatic carbocycles. The van der Waals surface area contributed by atoms with E-state index in [0.29, 0.717) is 37.0 Å². The summed E-state index contributed by atoms with van der Waals surface area (Å²) in [6.45, 7) is 2.29. The molecule has 11 nitrogen and oxygen atoms in total. The number of halogens is 4. The highest BCUT2D eigenvalue weighted by molar-refractivity contribution is 6.36. The smallest absolute Gasteiger partial charge is 0.471 e. The number of piperazine rings is 1. The molecule has 1 N–H and O–H groups in total. The maximum absolute atomic E-state index is 13.3. The molecule has 0 saturated carbocycles. The Bertz CT molecular complexity index is 1650. The fraction of sp³-hybridized carbons (Fsp3) is 0.469. The van der Waals surface area contributed by atoms with Crippen molar-refractivity contribution in [2.45, 2.75) is 50.5 Å². The molecule has 47 heavy (non-hydrogen) atoms. The predicted molar refractivity (Wildman–Crippen MR) is 170 cm³/mol.